The average Bonchev–Trinajstić information content (AvgIpc) is 2.63. The van der Waals surface area contributed by atoms with Crippen LogP contribution in [0.5, 0.6) is 11.5 Å². The van der Waals surface area contributed by atoms with Gasteiger partial charge in [-0.1, -0.05) is 12.5 Å². The summed E-state index contributed by atoms with van der Waals surface area (Å²) in [6, 6.07) is 6.38. The lowest BCUT2D eigenvalue weighted by molar-refractivity contribution is -0.00863. The molecule has 1 aromatic rings. The van der Waals surface area contributed by atoms with Crippen LogP contribution in [0.1, 0.15) is 31.2 Å². The molecule has 3 heteroatoms. The molecule has 1 aromatic carbocycles. The number of fused-ring (bicyclic) bond motifs is 2. The Kier molecular flexibility index (Phi) is 2.03. The summed E-state index contributed by atoms with van der Waals surface area (Å²) in [6.45, 7) is 1.01. The molecule has 3 atom stereocenters. The highest BCUT2D eigenvalue weighted by Crippen LogP contribution is 2.54. The van der Waals surface area contributed by atoms with E-state index in [2.05, 4.69) is 18.0 Å². The number of hydrogen-bond donors (Lipinski definition) is 1. The van der Waals surface area contributed by atoms with E-state index < -0.39 is 0 Å². The van der Waals surface area contributed by atoms with Crippen molar-refractivity contribution in [3.8, 4) is 11.5 Å². The number of nitrogens with zero attached hydrogens (tertiary/aromatic N) is 1. The standard InChI is InChI=1S/C15H19NO2/c1-16-9-14-15(6-2-3-10(16)8-15)12-5-4-11(17)7-13(12)18-14/h4-5,7,10,14,17H,2-3,6,8-9H2,1H3/t10?,14?,15-/m0/s1. The fraction of sp³-hybridized carbons (Fsp3) is 0.600. The van der Waals surface area contributed by atoms with Gasteiger partial charge in [0.15, 0.2) is 0 Å². The fourth-order valence-electron chi connectivity index (χ4n) is 4.27. The zero-order valence-electron chi connectivity index (χ0n) is 10.7. The largest absolute Gasteiger partial charge is 0.508 e. The van der Waals surface area contributed by atoms with Crippen LogP contribution < -0.4 is 4.74 Å². The van der Waals surface area contributed by atoms with Crippen LogP contribution in [0.15, 0.2) is 18.2 Å². The zero-order valence-corrected chi connectivity index (χ0v) is 10.7. The van der Waals surface area contributed by atoms with Crippen molar-refractivity contribution >= 4 is 0 Å². The number of phenols is 1. The third-order valence-corrected chi connectivity index (χ3v) is 5.22. The topological polar surface area (TPSA) is 32.7 Å². The quantitative estimate of drug-likeness (QED) is 0.761. The molecule has 96 valence electrons. The summed E-state index contributed by atoms with van der Waals surface area (Å²) in [5.74, 6) is 1.22. The predicted octanol–water partition coefficient (Wildman–Crippen LogP) is 2.28. The molecule has 2 unspecified atom stereocenters. The van der Waals surface area contributed by atoms with E-state index in [1.165, 1.54) is 31.2 Å². The minimum Gasteiger partial charge on any atom is -0.508 e. The molecule has 2 aliphatic heterocycles. The highest BCUT2D eigenvalue weighted by molar-refractivity contribution is 5.50. The molecule has 2 heterocycles. The second kappa shape index (κ2) is 3.41. The van der Waals surface area contributed by atoms with Crippen LogP contribution in [-0.2, 0) is 5.41 Å². The highest BCUT2D eigenvalue weighted by Gasteiger charge is 2.55. The smallest absolute Gasteiger partial charge is 0.127 e. The van der Waals surface area contributed by atoms with Crippen molar-refractivity contribution in [2.24, 2.45) is 0 Å². The van der Waals surface area contributed by atoms with E-state index in [9.17, 15) is 5.11 Å². The maximum atomic E-state index is 9.61. The monoisotopic (exact) mass is 245 g/mol. The third-order valence-electron chi connectivity index (χ3n) is 5.22. The summed E-state index contributed by atoms with van der Waals surface area (Å²) in [4.78, 5) is 2.45. The van der Waals surface area contributed by atoms with Gasteiger partial charge in [0, 0.05) is 29.6 Å². The number of ether oxygens (including phenoxy) is 1. The van der Waals surface area contributed by atoms with Gasteiger partial charge in [-0.2, -0.15) is 0 Å². The van der Waals surface area contributed by atoms with Gasteiger partial charge in [0.2, 0.25) is 0 Å². The molecule has 0 radical (unpaired) electrons. The van der Waals surface area contributed by atoms with Gasteiger partial charge in [-0.05, 0) is 32.4 Å². The van der Waals surface area contributed by atoms with Gasteiger partial charge < -0.3 is 9.84 Å². The number of aromatic hydroxyl groups is 1. The zero-order chi connectivity index (χ0) is 12.3. The Morgan fingerprint density at radius 3 is 3.22 bits per heavy atom. The van der Waals surface area contributed by atoms with Gasteiger partial charge >= 0.3 is 0 Å². The molecule has 3 nitrogen and oxygen atoms in total. The maximum absolute atomic E-state index is 9.61. The van der Waals surface area contributed by atoms with Crippen LogP contribution in [0.2, 0.25) is 0 Å². The van der Waals surface area contributed by atoms with Crippen molar-refractivity contribution in [3.63, 3.8) is 0 Å². The lowest BCUT2D eigenvalue weighted by Crippen LogP contribution is -2.58. The van der Waals surface area contributed by atoms with Gasteiger partial charge in [-0.15, -0.1) is 0 Å². The molecular weight excluding hydrogens is 226 g/mol. The van der Waals surface area contributed by atoms with Crippen LogP contribution in [0, 0.1) is 0 Å². The number of phenolic OH excluding ortho intramolecular Hbond substituents is 1. The molecule has 0 aromatic heterocycles. The number of piperidine rings is 1. The van der Waals surface area contributed by atoms with Crippen molar-refractivity contribution in [1.29, 1.82) is 0 Å². The Hall–Kier alpha value is -1.22. The first kappa shape index (κ1) is 10.7. The molecule has 1 N–H and O–H groups in total. The Labute approximate surface area is 107 Å². The number of likely N-dealkylation sites (N-methyl/N-ethyl adjacent to an activating group) is 1. The third kappa shape index (κ3) is 1.23. The van der Waals surface area contributed by atoms with Crippen molar-refractivity contribution < 1.29 is 9.84 Å². The van der Waals surface area contributed by atoms with E-state index in [0.717, 1.165) is 12.3 Å². The van der Waals surface area contributed by atoms with E-state index in [1.807, 2.05) is 0 Å². The molecular formula is C15H19NO2. The van der Waals surface area contributed by atoms with Crippen molar-refractivity contribution in [3.05, 3.63) is 23.8 Å². The van der Waals surface area contributed by atoms with Crippen LogP contribution in [0.25, 0.3) is 0 Å². The number of likely N-dealkylation sites (tertiary alicyclic amines) is 1. The Balaban J connectivity index is 1.83. The van der Waals surface area contributed by atoms with E-state index in [0.29, 0.717) is 11.8 Å². The van der Waals surface area contributed by atoms with Crippen LogP contribution in [0.3, 0.4) is 0 Å². The van der Waals surface area contributed by atoms with Gasteiger partial charge in [0.1, 0.15) is 17.6 Å². The van der Waals surface area contributed by atoms with E-state index in [4.69, 9.17) is 4.74 Å². The summed E-state index contributed by atoms with van der Waals surface area (Å²) in [5, 5.41) is 9.61. The predicted molar refractivity (Wildman–Crippen MR) is 69.1 cm³/mol. The molecule has 2 fully saturated rings. The van der Waals surface area contributed by atoms with Gasteiger partial charge in [-0.3, -0.25) is 4.90 Å². The van der Waals surface area contributed by atoms with Crippen molar-refractivity contribution in [1.82, 2.24) is 4.90 Å². The van der Waals surface area contributed by atoms with Gasteiger partial charge in [0.05, 0.1) is 0 Å². The maximum Gasteiger partial charge on any atom is 0.127 e. The van der Waals surface area contributed by atoms with E-state index in [-0.39, 0.29) is 11.5 Å². The first-order valence-electron chi connectivity index (χ1n) is 6.89. The summed E-state index contributed by atoms with van der Waals surface area (Å²) >= 11 is 0. The van der Waals surface area contributed by atoms with Crippen LogP contribution in [0.4, 0.5) is 0 Å². The number of benzene rings is 1. The molecule has 18 heavy (non-hydrogen) atoms. The second-order valence-electron chi connectivity index (χ2n) is 6.13. The molecule has 2 bridgehead atoms. The van der Waals surface area contributed by atoms with Crippen LogP contribution in [-0.4, -0.2) is 35.7 Å². The molecule has 1 spiro atoms. The number of rotatable bonds is 0. The molecule has 4 rings (SSSR count). The van der Waals surface area contributed by atoms with Gasteiger partial charge in [-0.25, -0.2) is 0 Å². The summed E-state index contributed by atoms with van der Waals surface area (Å²) in [7, 11) is 2.21. The second-order valence-corrected chi connectivity index (χ2v) is 6.13. The Morgan fingerprint density at radius 1 is 1.44 bits per heavy atom. The molecule has 0 amide bonds. The normalized spacial score (nSPS) is 37.8. The van der Waals surface area contributed by atoms with Crippen molar-refractivity contribution in [2.45, 2.75) is 43.2 Å². The minimum absolute atomic E-state index is 0.221. The molecule has 1 saturated carbocycles. The lowest BCUT2D eigenvalue weighted by Gasteiger charge is -2.50. The highest BCUT2D eigenvalue weighted by atomic mass is 16.5. The lowest BCUT2D eigenvalue weighted by atomic mass is 9.63. The summed E-state index contributed by atoms with van der Waals surface area (Å²) < 4.78 is 6.14. The Morgan fingerprint density at radius 2 is 2.33 bits per heavy atom. The molecule has 1 saturated heterocycles. The number of hydrogen-bond acceptors (Lipinski definition) is 3. The minimum atomic E-state index is 0.221. The Bertz CT molecular complexity index is 501. The summed E-state index contributed by atoms with van der Waals surface area (Å²) in [5.41, 5.74) is 1.56. The first-order chi connectivity index (χ1) is 8.69. The molecule has 1 aliphatic carbocycles. The average molecular weight is 245 g/mol. The van der Waals surface area contributed by atoms with Crippen LogP contribution >= 0.6 is 0 Å². The van der Waals surface area contributed by atoms with Gasteiger partial charge in [0.25, 0.3) is 0 Å². The van der Waals surface area contributed by atoms with Crippen molar-refractivity contribution in [2.75, 3.05) is 13.6 Å². The summed E-state index contributed by atoms with van der Waals surface area (Å²) in [6.07, 6.45) is 5.33. The first-order valence-corrected chi connectivity index (χ1v) is 6.89. The fourth-order valence-corrected chi connectivity index (χ4v) is 4.27. The van der Waals surface area contributed by atoms with E-state index >= 15 is 0 Å². The molecule has 3 aliphatic rings. The van der Waals surface area contributed by atoms with E-state index in [1.54, 1.807) is 12.1 Å². The SMILES string of the molecule is CN1CC2Oc3cc(O)ccc3[C@@]23CCCC1C3.